The number of fused-ring (bicyclic) bond motifs is 1. The first-order chi connectivity index (χ1) is 9.72. The third kappa shape index (κ3) is 3.66. The predicted octanol–water partition coefficient (Wildman–Crippen LogP) is 4.91. The lowest BCUT2D eigenvalue weighted by Crippen LogP contribution is -1.95. The van der Waals surface area contributed by atoms with Crippen LogP contribution in [-0.2, 0) is 6.42 Å². The van der Waals surface area contributed by atoms with Crippen LogP contribution in [0.15, 0.2) is 30.3 Å². The van der Waals surface area contributed by atoms with Gasteiger partial charge >= 0.3 is 0 Å². The standard InChI is InChI=1S/C18H26N2/c1-2-3-4-5-6-7-9-14-12-16-15(18(20)13-14)10-8-11-17(16)19/h8,10-13H,2-7,9,19-20H2,1H3. The van der Waals surface area contributed by atoms with Crippen LogP contribution in [0.3, 0.4) is 0 Å². The first-order valence-electron chi connectivity index (χ1n) is 7.79. The Morgan fingerprint density at radius 3 is 2.35 bits per heavy atom. The van der Waals surface area contributed by atoms with Crippen molar-refractivity contribution in [3.63, 3.8) is 0 Å². The zero-order valence-electron chi connectivity index (χ0n) is 12.5. The molecule has 4 N–H and O–H groups in total. The summed E-state index contributed by atoms with van der Waals surface area (Å²) in [5.74, 6) is 0. The van der Waals surface area contributed by atoms with E-state index >= 15 is 0 Å². The number of hydrogen-bond acceptors (Lipinski definition) is 2. The zero-order valence-corrected chi connectivity index (χ0v) is 12.5. The molecule has 0 heterocycles. The Balaban J connectivity index is 1.99. The van der Waals surface area contributed by atoms with Crippen molar-refractivity contribution in [1.29, 1.82) is 0 Å². The Kier molecular flexibility index (Phi) is 5.28. The van der Waals surface area contributed by atoms with E-state index < -0.39 is 0 Å². The minimum atomic E-state index is 0.819. The van der Waals surface area contributed by atoms with Gasteiger partial charge in [0.25, 0.3) is 0 Å². The van der Waals surface area contributed by atoms with E-state index in [0.717, 1.165) is 28.6 Å². The fourth-order valence-electron chi connectivity index (χ4n) is 2.75. The maximum absolute atomic E-state index is 6.14. The molecule has 0 unspecified atom stereocenters. The van der Waals surface area contributed by atoms with E-state index in [2.05, 4.69) is 19.1 Å². The summed E-state index contributed by atoms with van der Waals surface area (Å²) in [6, 6.07) is 10.2. The predicted molar refractivity (Wildman–Crippen MR) is 89.9 cm³/mol. The van der Waals surface area contributed by atoms with Crippen LogP contribution in [0.5, 0.6) is 0 Å². The summed E-state index contributed by atoms with van der Waals surface area (Å²) in [7, 11) is 0. The number of benzene rings is 2. The molecule has 2 rings (SSSR count). The van der Waals surface area contributed by atoms with Crippen LogP contribution in [-0.4, -0.2) is 0 Å². The summed E-state index contributed by atoms with van der Waals surface area (Å²) in [6.07, 6.45) is 9.02. The molecule has 0 bridgehead atoms. The monoisotopic (exact) mass is 270 g/mol. The third-order valence-electron chi connectivity index (χ3n) is 3.94. The van der Waals surface area contributed by atoms with Crippen molar-refractivity contribution in [1.82, 2.24) is 0 Å². The molecule has 0 aliphatic heterocycles. The summed E-state index contributed by atoms with van der Waals surface area (Å²) in [5.41, 5.74) is 15.2. The van der Waals surface area contributed by atoms with E-state index in [4.69, 9.17) is 11.5 Å². The highest BCUT2D eigenvalue weighted by atomic mass is 14.6. The third-order valence-corrected chi connectivity index (χ3v) is 3.94. The van der Waals surface area contributed by atoms with Crippen molar-refractivity contribution < 1.29 is 0 Å². The van der Waals surface area contributed by atoms with Crippen molar-refractivity contribution in [3.05, 3.63) is 35.9 Å². The molecule has 0 aliphatic rings. The van der Waals surface area contributed by atoms with Crippen LogP contribution in [0.1, 0.15) is 51.0 Å². The number of hydrogen-bond donors (Lipinski definition) is 2. The van der Waals surface area contributed by atoms with Gasteiger partial charge in [0, 0.05) is 22.1 Å². The van der Waals surface area contributed by atoms with Crippen LogP contribution in [0.2, 0.25) is 0 Å². The molecule has 0 amide bonds. The molecule has 0 saturated carbocycles. The van der Waals surface area contributed by atoms with Gasteiger partial charge in [0.05, 0.1) is 0 Å². The second kappa shape index (κ2) is 7.18. The Bertz CT molecular complexity index is 561. The van der Waals surface area contributed by atoms with Gasteiger partial charge in [-0.2, -0.15) is 0 Å². The molecule has 0 saturated heterocycles. The van der Waals surface area contributed by atoms with Crippen LogP contribution in [0.25, 0.3) is 10.8 Å². The quantitative estimate of drug-likeness (QED) is 0.555. The van der Waals surface area contributed by atoms with E-state index in [1.54, 1.807) is 0 Å². The van der Waals surface area contributed by atoms with Crippen molar-refractivity contribution in [2.24, 2.45) is 0 Å². The smallest absolute Gasteiger partial charge is 0.0397 e. The lowest BCUT2D eigenvalue weighted by molar-refractivity contribution is 0.607. The number of nitrogens with two attached hydrogens (primary N) is 2. The summed E-state index contributed by atoms with van der Waals surface area (Å²) in [6.45, 7) is 2.25. The molecule has 0 radical (unpaired) electrons. The SMILES string of the molecule is CCCCCCCCc1cc(N)c2cccc(N)c2c1. The summed E-state index contributed by atoms with van der Waals surface area (Å²) < 4.78 is 0. The Morgan fingerprint density at radius 1 is 0.800 bits per heavy atom. The minimum absolute atomic E-state index is 0.819. The Labute approximate surface area is 122 Å². The van der Waals surface area contributed by atoms with Gasteiger partial charge in [0.2, 0.25) is 0 Å². The van der Waals surface area contributed by atoms with Crippen LogP contribution >= 0.6 is 0 Å². The van der Waals surface area contributed by atoms with Gasteiger partial charge in [-0.1, -0.05) is 51.2 Å². The first-order valence-corrected chi connectivity index (χ1v) is 7.79. The molecule has 0 fully saturated rings. The summed E-state index contributed by atoms with van der Waals surface area (Å²) >= 11 is 0. The molecule has 0 aliphatic carbocycles. The maximum atomic E-state index is 6.14. The fraction of sp³-hybridized carbons (Fsp3) is 0.444. The molecule has 0 aromatic heterocycles. The van der Waals surface area contributed by atoms with Gasteiger partial charge in [-0.05, 0) is 36.6 Å². The average molecular weight is 270 g/mol. The van der Waals surface area contributed by atoms with E-state index in [9.17, 15) is 0 Å². The van der Waals surface area contributed by atoms with Gasteiger partial charge in [0.1, 0.15) is 0 Å². The van der Waals surface area contributed by atoms with E-state index in [1.165, 1.54) is 44.1 Å². The number of anilines is 2. The number of unbranched alkanes of at least 4 members (excludes halogenated alkanes) is 5. The number of rotatable bonds is 7. The van der Waals surface area contributed by atoms with Crippen molar-refractivity contribution in [2.75, 3.05) is 11.5 Å². The number of aryl methyl sites for hydroxylation is 1. The second-order valence-corrected chi connectivity index (χ2v) is 5.65. The minimum Gasteiger partial charge on any atom is -0.398 e. The van der Waals surface area contributed by atoms with Gasteiger partial charge < -0.3 is 11.5 Å². The zero-order chi connectivity index (χ0) is 14.4. The maximum Gasteiger partial charge on any atom is 0.0397 e. The molecule has 2 nitrogen and oxygen atoms in total. The highest BCUT2D eigenvalue weighted by Gasteiger charge is 2.04. The summed E-state index contributed by atoms with van der Waals surface area (Å²) in [5, 5.41) is 2.16. The molecule has 0 atom stereocenters. The molecule has 2 heteroatoms. The normalized spacial score (nSPS) is 11.1. The highest BCUT2D eigenvalue weighted by molar-refractivity contribution is 6.00. The van der Waals surface area contributed by atoms with Gasteiger partial charge in [-0.3, -0.25) is 0 Å². The lowest BCUT2D eigenvalue weighted by atomic mass is 9.99. The molecular formula is C18H26N2. The van der Waals surface area contributed by atoms with E-state index in [0.29, 0.717) is 0 Å². The lowest BCUT2D eigenvalue weighted by Gasteiger charge is -2.09. The topological polar surface area (TPSA) is 52.0 Å². The van der Waals surface area contributed by atoms with Crippen LogP contribution in [0.4, 0.5) is 11.4 Å². The molecule has 0 spiro atoms. The first kappa shape index (κ1) is 14.7. The fourth-order valence-corrected chi connectivity index (χ4v) is 2.75. The van der Waals surface area contributed by atoms with Gasteiger partial charge in [0.15, 0.2) is 0 Å². The van der Waals surface area contributed by atoms with Crippen LogP contribution in [0, 0.1) is 0 Å². The Hall–Kier alpha value is -1.70. The Morgan fingerprint density at radius 2 is 1.55 bits per heavy atom. The average Bonchev–Trinajstić information content (AvgIpc) is 2.44. The van der Waals surface area contributed by atoms with E-state index in [1.807, 2.05) is 18.2 Å². The van der Waals surface area contributed by atoms with Gasteiger partial charge in [-0.25, -0.2) is 0 Å². The second-order valence-electron chi connectivity index (χ2n) is 5.65. The van der Waals surface area contributed by atoms with Crippen molar-refractivity contribution in [3.8, 4) is 0 Å². The molecular weight excluding hydrogens is 244 g/mol. The van der Waals surface area contributed by atoms with E-state index in [-0.39, 0.29) is 0 Å². The van der Waals surface area contributed by atoms with Crippen molar-refractivity contribution >= 4 is 22.1 Å². The largest absolute Gasteiger partial charge is 0.398 e. The van der Waals surface area contributed by atoms with Gasteiger partial charge in [-0.15, -0.1) is 0 Å². The van der Waals surface area contributed by atoms with Crippen LogP contribution < -0.4 is 11.5 Å². The molecule has 2 aromatic carbocycles. The molecule has 2 aromatic rings. The summed E-state index contributed by atoms with van der Waals surface area (Å²) in [4.78, 5) is 0. The highest BCUT2D eigenvalue weighted by Crippen LogP contribution is 2.28. The number of nitrogen functional groups attached to an aromatic ring is 2. The molecule has 108 valence electrons. The molecule has 20 heavy (non-hydrogen) atoms. The van der Waals surface area contributed by atoms with Crippen molar-refractivity contribution in [2.45, 2.75) is 51.9 Å².